The zero-order valence-electron chi connectivity index (χ0n) is 24.9. The van der Waals surface area contributed by atoms with Crippen LogP contribution in [0.5, 0.6) is 0 Å². The molecule has 1 aliphatic carbocycles. The van der Waals surface area contributed by atoms with Gasteiger partial charge in [-0.2, -0.15) is 0 Å². The quantitative estimate of drug-likeness (QED) is 0.184. The Morgan fingerprint density at radius 1 is 0.556 bits per heavy atom. The second-order valence-corrected chi connectivity index (χ2v) is 12.0. The normalized spacial score (nSPS) is 12.3. The zero-order chi connectivity index (χ0) is 30.1. The van der Waals surface area contributed by atoms with Crippen LogP contribution in [0.15, 0.2) is 135 Å². The summed E-state index contributed by atoms with van der Waals surface area (Å²) in [6.45, 7) is 7.87. The van der Waals surface area contributed by atoms with E-state index in [-0.39, 0.29) is 0 Å². The minimum absolute atomic E-state index is 0.839. The standard InChI is InChI=1S/C41H30N4/c1-3-7-26-11-17-36-34(21-26)40-38(9-5-19-42-40)44(36)30-15-13-28-23-29-14-16-31(25-33(29)32(28)24-30)45-37-18-12-27(8-4-2)22-35(37)41-39(45)10-6-20-43-41/h3-6,9-22,24-25H,1-2,7-8,23H2. The van der Waals surface area contributed by atoms with Gasteiger partial charge in [-0.3, -0.25) is 9.97 Å². The molecule has 0 radical (unpaired) electrons. The predicted molar refractivity (Wildman–Crippen MR) is 187 cm³/mol. The Morgan fingerprint density at radius 2 is 1.04 bits per heavy atom. The fraction of sp³-hybridized carbons (Fsp3) is 0.0732. The van der Waals surface area contributed by atoms with Crippen LogP contribution in [0.2, 0.25) is 0 Å². The molecule has 0 saturated heterocycles. The summed E-state index contributed by atoms with van der Waals surface area (Å²) in [6, 6.07) is 35.6. The molecule has 0 amide bonds. The van der Waals surface area contributed by atoms with Gasteiger partial charge in [-0.25, -0.2) is 0 Å². The lowest BCUT2D eigenvalue weighted by Crippen LogP contribution is -1.96. The summed E-state index contributed by atoms with van der Waals surface area (Å²) in [5.41, 5.74) is 16.7. The van der Waals surface area contributed by atoms with Crippen LogP contribution in [0.4, 0.5) is 0 Å². The van der Waals surface area contributed by atoms with Gasteiger partial charge in [0.05, 0.1) is 33.1 Å². The summed E-state index contributed by atoms with van der Waals surface area (Å²) in [4.78, 5) is 9.62. The Bertz CT molecular complexity index is 2330. The minimum Gasteiger partial charge on any atom is -0.308 e. The average Bonchev–Trinajstić information content (AvgIpc) is 3.72. The van der Waals surface area contributed by atoms with Crippen molar-refractivity contribution in [2.24, 2.45) is 0 Å². The van der Waals surface area contributed by atoms with E-state index in [0.717, 1.165) is 63.7 Å². The maximum Gasteiger partial charge on any atom is 0.0963 e. The molecule has 4 aromatic heterocycles. The Hall–Kier alpha value is -5.74. The Labute approximate surface area is 261 Å². The lowest BCUT2D eigenvalue weighted by molar-refractivity contribution is 1.16. The number of aromatic nitrogens is 4. The molecule has 9 rings (SSSR count). The van der Waals surface area contributed by atoms with Crippen molar-refractivity contribution in [3.05, 3.63) is 157 Å². The third-order valence-corrected chi connectivity index (χ3v) is 9.30. The van der Waals surface area contributed by atoms with Crippen molar-refractivity contribution >= 4 is 43.9 Å². The van der Waals surface area contributed by atoms with E-state index < -0.39 is 0 Å². The topological polar surface area (TPSA) is 35.6 Å². The second kappa shape index (κ2) is 9.90. The Kier molecular flexibility index (Phi) is 5.66. The molecule has 214 valence electrons. The van der Waals surface area contributed by atoms with Crippen LogP contribution >= 0.6 is 0 Å². The maximum absolute atomic E-state index is 4.81. The number of fused-ring (bicyclic) bond motifs is 9. The first-order chi connectivity index (χ1) is 22.2. The van der Waals surface area contributed by atoms with E-state index in [0.29, 0.717) is 0 Å². The van der Waals surface area contributed by atoms with Gasteiger partial charge in [0.2, 0.25) is 0 Å². The Morgan fingerprint density at radius 3 is 1.51 bits per heavy atom. The molecule has 0 spiro atoms. The number of rotatable bonds is 6. The third kappa shape index (κ3) is 3.85. The molecule has 0 fully saturated rings. The van der Waals surface area contributed by atoms with Gasteiger partial charge in [-0.05, 0) is 125 Å². The van der Waals surface area contributed by atoms with Gasteiger partial charge in [0, 0.05) is 34.5 Å². The van der Waals surface area contributed by atoms with Gasteiger partial charge in [-0.1, -0.05) is 36.4 Å². The van der Waals surface area contributed by atoms with Gasteiger partial charge in [0.15, 0.2) is 0 Å². The van der Waals surface area contributed by atoms with Gasteiger partial charge in [0.25, 0.3) is 0 Å². The van der Waals surface area contributed by atoms with Gasteiger partial charge in [-0.15, -0.1) is 13.2 Å². The molecule has 0 aliphatic heterocycles. The van der Waals surface area contributed by atoms with Crippen LogP contribution in [-0.4, -0.2) is 19.1 Å². The zero-order valence-corrected chi connectivity index (χ0v) is 24.9. The van der Waals surface area contributed by atoms with E-state index in [4.69, 9.17) is 9.97 Å². The number of allylic oxidation sites excluding steroid dienone is 2. The molecule has 0 unspecified atom stereocenters. The van der Waals surface area contributed by atoms with Crippen molar-refractivity contribution in [1.82, 2.24) is 19.1 Å². The van der Waals surface area contributed by atoms with E-state index in [2.05, 4.69) is 107 Å². The minimum atomic E-state index is 0.839. The highest BCUT2D eigenvalue weighted by Gasteiger charge is 2.23. The molecule has 1 aliphatic rings. The number of benzene rings is 4. The first-order valence-corrected chi connectivity index (χ1v) is 15.5. The van der Waals surface area contributed by atoms with Crippen LogP contribution < -0.4 is 0 Å². The lowest BCUT2D eigenvalue weighted by Gasteiger charge is -2.12. The first kappa shape index (κ1) is 25.7. The van der Waals surface area contributed by atoms with Crippen LogP contribution in [0.25, 0.3) is 66.4 Å². The van der Waals surface area contributed by atoms with E-state index in [1.807, 2.05) is 36.7 Å². The molecule has 45 heavy (non-hydrogen) atoms. The van der Waals surface area contributed by atoms with Crippen molar-refractivity contribution in [3.8, 4) is 22.5 Å². The molecule has 4 heterocycles. The van der Waals surface area contributed by atoms with Crippen LogP contribution in [0.1, 0.15) is 22.3 Å². The van der Waals surface area contributed by atoms with Crippen LogP contribution in [0.3, 0.4) is 0 Å². The molecule has 0 atom stereocenters. The van der Waals surface area contributed by atoms with E-state index in [9.17, 15) is 0 Å². The fourth-order valence-corrected chi connectivity index (χ4v) is 7.33. The Balaban J connectivity index is 1.22. The number of pyridine rings is 2. The third-order valence-electron chi connectivity index (χ3n) is 9.30. The fourth-order valence-electron chi connectivity index (χ4n) is 7.33. The molecular formula is C41H30N4. The lowest BCUT2D eigenvalue weighted by atomic mass is 10.0. The van der Waals surface area contributed by atoms with Crippen LogP contribution in [-0.2, 0) is 19.3 Å². The molecule has 4 heteroatoms. The smallest absolute Gasteiger partial charge is 0.0963 e. The van der Waals surface area contributed by atoms with Crippen molar-refractivity contribution < 1.29 is 0 Å². The number of hydrogen-bond acceptors (Lipinski definition) is 2. The van der Waals surface area contributed by atoms with Crippen molar-refractivity contribution in [2.45, 2.75) is 19.3 Å². The number of hydrogen-bond donors (Lipinski definition) is 0. The van der Waals surface area contributed by atoms with Gasteiger partial charge >= 0.3 is 0 Å². The van der Waals surface area contributed by atoms with Crippen molar-refractivity contribution in [1.29, 1.82) is 0 Å². The largest absolute Gasteiger partial charge is 0.308 e. The molecule has 0 saturated carbocycles. The van der Waals surface area contributed by atoms with E-state index in [1.54, 1.807) is 0 Å². The number of nitrogens with zero attached hydrogens (tertiary/aromatic N) is 4. The van der Waals surface area contributed by atoms with Gasteiger partial charge < -0.3 is 9.13 Å². The summed E-state index contributed by atoms with van der Waals surface area (Å²) in [5, 5.41) is 2.34. The highest BCUT2D eigenvalue weighted by atomic mass is 15.0. The monoisotopic (exact) mass is 578 g/mol. The highest BCUT2D eigenvalue weighted by Crippen LogP contribution is 2.42. The molecule has 8 aromatic rings. The summed E-state index contributed by atoms with van der Waals surface area (Å²) in [5.74, 6) is 0. The molecule has 4 aromatic carbocycles. The van der Waals surface area contributed by atoms with E-state index in [1.165, 1.54) is 44.2 Å². The molecule has 0 N–H and O–H groups in total. The molecule has 0 bridgehead atoms. The average molecular weight is 579 g/mol. The SMILES string of the molecule is C=CCc1ccc2c(c1)c1ncccc1n2-c1ccc2c(c1)-c1cc(-n3c4ccc(CC=C)cc4c4ncccc43)ccc1C2. The first-order valence-electron chi connectivity index (χ1n) is 15.5. The summed E-state index contributed by atoms with van der Waals surface area (Å²) < 4.78 is 4.72. The predicted octanol–water partition coefficient (Wildman–Crippen LogP) is 9.70. The summed E-state index contributed by atoms with van der Waals surface area (Å²) in [6.07, 6.45) is 10.3. The summed E-state index contributed by atoms with van der Waals surface area (Å²) >= 11 is 0. The second-order valence-electron chi connectivity index (χ2n) is 12.0. The maximum atomic E-state index is 4.81. The van der Waals surface area contributed by atoms with Crippen molar-refractivity contribution in [2.75, 3.05) is 0 Å². The van der Waals surface area contributed by atoms with E-state index >= 15 is 0 Å². The summed E-state index contributed by atoms with van der Waals surface area (Å²) in [7, 11) is 0. The van der Waals surface area contributed by atoms with Gasteiger partial charge in [0.1, 0.15) is 0 Å². The highest BCUT2D eigenvalue weighted by molar-refractivity contribution is 6.08. The molecular weight excluding hydrogens is 548 g/mol. The molecule has 4 nitrogen and oxygen atoms in total. The van der Waals surface area contributed by atoms with Crippen LogP contribution in [0, 0.1) is 0 Å². The van der Waals surface area contributed by atoms with Crippen molar-refractivity contribution in [3.63, 3.8) is 0 Å².